The molecule has 4 atom stereocenters. The molecule has 2 aliphatic carbocycles. The minimum atomic E-state index is -3.56. The molecule has 79 heavy (non-hydrogen) atoms. The Kier molecular flexibility index (Phi) is 21.4. The highest BCUT2D eigenvalue weighted by Gasteiger charge is 2.40. The van der Waals surface area contributed by atoms with Gasteiger partial charge in [0.1, 0.15) is 19.3 Å². The number of nitrogens with two attached hydrogens (primary N) is 1. The van der Waals surface area contributed by atoms with Gasteiger partial charge in [-0.05, 0) is 85.5 Å². The summed E-state index contributed by atoms with van der Waals surface area (Å²) in [5.41, 5.74) is 9.10. The van der Waals surface area contributed by atoms with E-state index in [1.165, 1.54) is 10.7 Å². The van der Waals surface area contributed by atoms with Crippen LogP contribution in [0.1, 0.15) is 155 Å². The molecule has 4 aliphatic rings. The van der Waals surface area contributed by atoms with Crippen molar-refractivity contribution in [1.82, 2.24) is 29.4 Å². The zero-order chi connectivity index (χ0) is 55.5. The topological polar surface area (TPSA) is 255 Å². The summed E-state index contributed by atoms with van der Waals surface area (Å²) < 4.78 is 73.0. The van der Waals surface area contributed by atoms with E-state index in [0.29, 0.717) is 37.3 Å². The molecule has 0 bridgehead atoms. The highest BCUT2D eigenvalue weighted by atomic mass is 32.2. The standard InChI is InChI=1S/C29H38N4O6S.C29H36N4O5S/c30-27(25-18-10-11-19-33(25)40(36,37)21-23-14-6-2-7-15-23)32-39-28(34)26(24-16-8-3-9-17-24)31-29(35)38-20-22-12-4-1-5-13-22;34-29(37-20-22-12-4-1-5-13-22)30-26(24-16-8-3-9-17-24)28-31-27(32-38-28)25-18-10-11-19-33(25)39(35,36)21-23-14-6-2-7-15-23/h1,3-5,8-9,12-13,16-17,23,25-26H,2,6-7,10-11,14-15,18-21H2,(H2,30,32)(H,31,35);1,3-5,8-9,12-13,16-17,23,25-26H,2,6-7,10-11,14-15,18-21H2,(H,30,34)/t2*25-,26-/m00/s1. The van der Waals surface area contributed by atoms with Crippen molar-refractivity contribution in [3.63, 3.8) is 0 Å². The van der Waals surface area contributed by atoms with Crippen LogP contribution in [0.15, 0.2) is 131 Å². The molecule has 424 valence electrons. The summed E-state index contributed by atoms with van der Waals surface area (Å²) in [5.74, 6) is 0.187. The molecular weight excluding hydrogens is 1050 g/mol. The number of sulfonamides is 2. The van der Waals surface area contributed by atoms with E-state index in [0.717, 1.165) is 100 Å². The van der Waals surface area contributed by atoms with Gasteiger partial charge >= 0.3 is 18.2 Å². The number of nitrogens with one attached hydrogen (secondary N) is 2. The second kappa shape index (κ2) is 29.0. The van der Waals surface area contributed by atoms with E-state index in [9.17, 15) is 31.2 Å². The molecule has 1 aromatic heterocycles. The van der Waals surface area contributed by atoms with Crippen LogP contribution < -0.4 is 16.4 Å². The van der Waals surface area contributed by atoms with Gasteiger partial charge in [-0.2, -0.15) is 13.6 Å². The van der Waals surface area contributed by atoms with E-state index < -0.39 is 62.4 Å². The third kappa shape index (κ3) is 17.2. The molecule has 9 rings (SSSR count). The number of piperidine rings is 2. The Hall–Kier alpha value is -6.68. The van der Waals surface area contributed by atoms with Crippen LogP contribution in [0.3, 0.4) is 0 Å². The lowest BCUT2D eigenvalue weighted by Gasteiger charge is -2.35. The Labute approximate surface area is 464 Å². The summed E-state index contributed by atoms with van der Waals surface area (Å²) in [6.45, 7) is 0.960. The molecule has 2 saturated heterocycles. The van der Waals surface area contributed by atoms with Crippen molar-refractivity contribution in [2.75, 3.05) is 24.6 Å². The minimum absolute atomic E-state index is 0.0289. The number of amides is 2. The number of hydrogen-bond donors (Lipinski definition) is 3. The first kappa shape index (κ1) is 58.5. The fraction of sp³-hybridized carbons (Fsp3) is 0.483. The lowest BCUT2D eigenvalue weighted by Crippen LogP contribution is -2.51. The summed E-state index contributed by atoms with van der Waals surface area (Å²) >= 11 is 0. The maximum atomic E-state index is 13.5. The van der Waals surface area contributed by atoms with Gasteiger partial charge in [0, 0.05) is 13.1 Å². The SMILES string of the molecule is N/C(=N\OC(=O)[C@@H](NC(=O)OCc1ccccc1)c1ccccc1)[C@@H]1CCCCN1S(=O)(=O)CC1CCCCC1.O=C(N[C@@H](c1ccccc1)c1nc([C@@H]2CCCCN2S(=O)(=O)CC2CCCCC2)no1)OCc1ccccc1. The summed E-state index contributed by atoms with van der Waals surface area (Å²) in [4.78, 5) is 48.2. The molecule has 3 heterocycles. The fourth-order valence-electron chi connectivity index (χ4n) is 10.9. The average molecular weight is 1120 g/mol. The number of hydrogen-bond acceptors (Lipinski definition) is 14. The number of ether oxygens (including phenoxy) is 2. The van der Waals surface area contributed by atoms with Crippen LogP contribution in [0.2, 0.25) is 0 Å². The Bertz CT molecular complexity index is 2960. The van der Waals surface area contributed by atoms with E-state index in [-0.39, 0.29) is 48.3 Å². The van der Waals surface area contributed by atoms with Gasteiger partial charge in [-0.1, -0.05) is 183 Å². The summed E-state index contributed by atoms with van der Waals surface area (Å²) in [5, 5.41) is 13.4. The lowest BCUT2D eigenvalue weighted by atomic mass is 9.91. The third-order valence-corrected chi connectivity index (χ3v) is 19.1. The van der Waals surface area contributed by atoms with Crippen molar-refractivity contribution in [2.24, 2.45) is 22.7 Å². The first-order chi connectivity index (χ1) is 38.3. The molecule has 2 saturated carbocycles. The molecule has 21 heteroatoms. The average Bonchev–Trinajstić information content (AvgIpc) is 4.03. The summed E-state index contributed by atoms with van der Waals surface area (Å²) in [6.07, 6.45) is 13.3. The molecule has 19 nitrogen and oxygen atoms in total. The summed E-state index contributed by atoms with van der Waals surface area (Å²) in [6, 6.07) is 33.3. The number of oxime groups is 1. The van der Waals surface area contributed by atoms with E-state index in [1.54, 1.807) is 34.6 Å². The van der Waals surface area contributed by atoms with Crippen molar-refractivity contribution in [1.29, 1.82) is 0 Å². The predicted octanol–water partition coefficient (Wildman–Crippen LogP) is 9.76. The molecule has 0 spiro atoms. The molecule has 4 fully saturated rings. The Morgan fingerprint density at radius 1 is 0.595 bits per heavy atom. The molecular formula is C58H74N8O11S2. The van der Waals surface area contributed by atoms with Crippen molar-refractivity contribution < 1.29 is 50.1 Å². The zero-order valence-corrected chi connectivity index (χ0v) is 46.3. The van der Waals surface area contributed by atoms with Crippen molar-refractivity contribution in [3.05, 3.63) is 155 Å². The number of nitrogens with zero attached hydrogens (tertiary/aromatic N) is 5. The second-order valence-electron chi connectivity index (χ2n) is 20.8. The normalized spacial score (nSPS) is 19.9. The maximum absolute atomic E-state index is 13.5. The molecule has 5 aromatic rings. The van der Waals surface area contributed by atoms with Gasteiger partial charge in [-0.15, -0.1) is 0 Å². The van der Waals surface area contributed by atoms with Crippen LogP contribution in [0.25, 0.3) is 0 Å². The van der Waals surface area contributed by atoms with Crippen LogP contribution in [-0.4, -0.2) is 90.2 Å². The van der Waals surface area contributed by atoms with E-state index in [4.69, 9.17) is 24.6 Å². The zero-order valence-electron chi connectivity index (χ0n) is 44.7. The summed E-state index contributed by atoms with van der Waals surface area (Å²) in [7, 11) is -7.04. The van der Waals surface area contributed by atoms with E-state index in [2.05, 4.69) is 25.9 Å². The van der Waals surface area contributed by atoms with Crippen LogP contribution in [0.4, 0.5) is 9.59 Å². The van der Waals surface area contributed by atoms with Gasteiger partial charge in [0.25, 0.3) is 5.89 Å². The van der Waals surface area contributed by atoms with Crippen LogP contribution in [-0.2, 0) is 52.4 Å². The molecule has 4 N–H and O–H groups in total. The Morgan fingerprint density at radius 2 is 1.06 bits per heavy atom. The van der Waals surface area contributed by atoms with Crippen LogP contribution in [0, 0.1) is 11.8 Å². The monoisotopic (exact) mass is 1120 g/mol. The van der Waals surface area contributed by atoms with Gasteiger partial charge in [-0.25, -0.2) is 31.2 Å². The molecule has 4 aromatic carbocycles. The fourth-order valence-corrected chi connectivity index (χ4v) is 15.1. The predicted molar refractivity (Wildman–Crippen MR) is 297 cm³/mol. The van der Waals surface area contributed by atoms with E-state index >= 15 is 0 Å². The first-order valence-electron chi connectivity index (χ1n) is 27.7. The second-order valence-corrected chi connectivity index (χ2v) is 24.8. The highest BCUT2D eigenvalue weighted by molar-refractivity contribution is 7.89. The maximum Gasteiger partial charge on any atom is 0.408 e. The number of carbonyl (C=O) groups is 3. The third-order valence-electron chi connectivity index (χ3n) is 15.0. The first-order valence-corrected chi connectivity index (χ1v) is 31.0. The Morgan fingerprint density at radius 3 is 1.62 bits per heavy atom. The number of alkyl carbamates (subject to hydrolysis) is 2. The van der Waals surface area contributed by atoms with Crippen molar-refractivity contribution in [2.45, 2.75) is 140 Å². The van der Waals surface area contributed by atoms with Crippen molar-refractivity contribution in [3.8, 4) is 0 Å². The van der Waals surface area contributed by atoms with Crippen molar-refractivity contribution >= 4 is 44.0 Å². The van der Waals surface area contributed by atoms with Crippen LogP contribution >= 0.6 is 0 Å². The number of amidine groups is 1. The quantitative estimate of drug-likeness (QED) is 0.0301. The lowest BCUT2D eigenvalue weighted by molar-refractivity contribution is -0.146. The van der Waals surface area contributed by atoms with Gasteiger partial charge in [0.2, 0.25) is 20.0 Å². The number of aromatic nitrogens is 2. The van der Waals surface area contributed by atoms with Crippen LogP contribution in [0.5, 0.6) is 0 Å². The molecule has 2 amide bonds. The molecule has 0 radical (unpaired) electrons. The largest absolute Gasteiger partial charge is 0.445 e. The molecule has 0 unspecified atom stereocenters. The highest BCUT2D eigenvalue weighted by Crippen LogP contribution is 2.36. The van der Waals surface area contributed by atoms with Gasteiger partial charge in [-0.3, -0.25) is 0 Å². The van der Waals surface area contributed by atoms with Gasteiger partial charge < -0.3 is 35.2 Å². The Balaban J connectivity index is 0.000000208. The minimum Gasteiger partial charge on any atom is -0.445 e. The van der Waals surface area contributed by atoms with Gasteiger partial charge in [0.05, 0.1) is 23.6 Å². The number of rotatable bonds is 19. The smallest absolute Gasteiger partial charge is 0.408 e. The number of carbonyl (C=O) groups excluding carboxylic acids is 3. The number of benzene rings is 4. The van der Waals surface area contributed by atoms with E-state index in [1.807, 2.05) is 91.0 Å². The van der Waals surface area contributed by atoms with Gasteiger partial charge in [0.15, 0.2) is 17.7 Å². The molecule has 2 aliphatic heterocycles.